The van der Waals surface area contributed by atoms with Crippen molar-refractivity contribution in [3.63, 3.8) is 0 Å². The van der Waals surface area contributed by atoms with Crippen molar-refractivity contribution in [1.29, 1.82) is 0 Å². The smallest absolute Gasteiger partial charge is 0.150 e. The lowest BCUT2D eigenvalue weighted by atomic mass is 10.1. The topological polar surface area (TPSA) is 50.7 Å². The van der Waals surface area contributed by atoms with E-state index in [1.807, 2.05) is 20.0 Å². The first-order chi connectivity index (χ1) is 12.0. The number of piperidine rings is 1. The third kappa shape index (κ3) is 5.12. The van der Waals surface area contributed by atoms with Crippen molar-refractivity contribution in [2.45, 2.75) is 58.8 Å². The Morgan fingerprint density at radius 1 is 1.16 bits per heavy atom. The van der Waals surface area contributed by atoms with Crippen LogP contribution in [0.15, 0.2) is 6.20 Å². The number of hydrogen-bond acceptors (Lipinski definition) is 6. The van der Waals surface area contributed by atoms with Gasteiger partial charge in [0.1, 0.15) is 5.82 Å². The molecular weight excluding hydrogens is 316 g/mol. The number of aryl methyl sites for hydroxylation is 2. The van der Waals surface area contributed by atoms with E-state index in [1.165, 1.54) is 0 Å². The Balaban J connectivity index is 1.40. The van der Waals surface area contributed by atoms with E-state index in [9.17, 15) is 0 Å². The van der Waals surface area contributed by atoms with E-state index in [0.717, 1.165) is 69.4 Å². The SMILES string of the molecule is Cc1cnc(C)c(N2CCC(OCCN3C[C@@H](C)O[C@H](C)C3)CC2)n1. The first-order valence-electron chi connectivity index (χ1n) is 9.56. The average Bonchev–Trinajstić information content (AvgIpc) is 2.57. The molecule has 25 heavy (non-hydrogen) atoms. The van der Waals surface area contributed by atoms with Gasteiger partial charge in [-0.2, -0.15) is 0 Å². The molecular formula is C19H32N4O2. The van der Waals surface area contributed by atoms with Gasteiger partial charge in [0.15, 0.2) is 0 Å². The number of aromatic nitrogens is 2. The van der Waals surface area contributed by atoms with Crippen molar-refractivity contribution in [2.75, 3.05) is 44.2 Å². The van der Waals surface area contributed by atoms with Crippen molar-refractivity contribution in [2.24, 2.45) is 0 Å². The van der Waals surface area contributed by atoms with Gasteiger partial charge >= 0.3 is 0 Å². The zero-order valence-electron chi connectivity index (χ0n) is 16.1. The lowest BCUT2D eigenvalue weighted by Crippen LogP contribution is -2.47. The van der Waals surface area contributed by atoms with Crippen LogP contribution in [0.4, 0.5) is 5.82 Å². The fraction of sp³-hybridized carbons (Fsp3) is 0.789. The summed E-state index contributed by atoms with van der Waals surface area (Å²) in [6, 6.07) is 0. The van der Waals surface area contributed by atoms with E-state index in [1.54, 1.807) is 0 Å². The van der Waals surface area contributed by atoms with Gasteiger partial charge in [-0.25, -0.2) is 4.98 Å². The molecule has 140 valence electrons. The number of ether oxygens (including phenoxy) is 2. The number of rotatable bonds is 5. The molecule has 2 atom stereocenters. The van der Waals surface area contributed by atoms with Crippen LogP contribution >= 0.6 is 0 Å². The Bertz CT molecular complexity index is 550. The molecule has 6 heteroatoms. The molecule has 2 saturated heterocycles. The maximum Gasteiger partial charge on any atom is 0.150 e. The van der Waals surface area contributed by atoms with Gasteiger partial charge in [0.2, 0.25) is 0 Å². The fourth-order valence-corrected chi connectivity index (χ4v) is 3.87. The molecule has 6 nitrogen and oxygen atoms in total. The summed E-state index contributed by atoms with van der Waals surface area (Å²) in [5.41, 5.74) is 1.99. The Morgan fingerprint density at radius 2 is 1.84 bits per heavy atom. The Labute approximate surface area is 151 Å². The lowest BCUT2D eigenvalue weighted by Gasteiger charge is -2.36. The van der Waals surface area contributed by atoms with Crippen LogP contribution in [0.2, 0.25) is 0 Å². The van der Waals surface area contributed by atoms with E-state index in [4.69, 9.17) is 9.47 Å². The van der Waals surface area contributed by atoms with E-state index in [-0.39, 0.29) is 0 Å². The normalized spacial score (nSPS) is 26.2. The lowest BCUT2D eigenvalue weighted by molar-refractivity contribution is -0.0768. The van der Waals surface area contributed by atoms with Crippen LogP contribution in [0.25, 0.3) is 0 Å². The van der Waals surface area contributed by atoms with Crippen molar-refractivity contribution in [1.82, 2.24) is 14.9 Å². The van der Waals surface area contributed by atoms with Crippen LogP contribution in [0, 0.1) is 13.8 Å². The average molecular weight is 348 g/mol. The molecule has 0 N–H and O–H groups in total. The molecule has 0 unspecified atom stereocenters. The fourth-order valence-electron chi connectivity index (χ4n) is 3.87. The van der Waals surface area contributed by atoms with Crippen LogP contribution in [-0.2, 0) is 9.47 Å². The monoisotopic (exact) mass is 348 g/mol. The molecule has 0 aliphatic carbocycles. The summed E-state index contributed by atoms with van der Waals surface area (Å²) < 4.78 is 11.9. The Kier molecular flexibility index (Phi) is 6.25. The molecule has 0 saturated carbocycles. The summed E-state index contributed by atoms with van der Waals surface area (Å²) in [6.07, 6.45) is 4.97. The second-order valence-corrected chi connectivity index (χ2v) is 7.49. The van der Waals surface area contributed by atoms with Crippen LogP contribution in [-0.4, -0.2) is 72.5 Å². The summed E-state index contributed by atoms with van der Waals surface area (Å²) >= 11 is 0. The number of hydrogen-bond donors (Lipinski definition) is 0. The van der Waals surface area contributed by atoms with Crippen LogP contribution in [0.1, 0.15) is 38.1 Å². The summed E-state index contributed by atoms with van der Waals surface area (Å²) in [4.78, 5) is 13.9. The van der Waals surface area contributed by atoms with Crippen LogP contribution in [0.5, 0.6) is 0 Å². The van der Waals surface area contributed by atoms with Crippen LogP contribution in [0.3, 0.4) is 0 Å². The van der Waals surface area contributed by atoms with Crippen molar-refractivity contribution < 1.29 is 9.47 Å². The Morgan fingerprint density at radius 3 is 2.52 bits per heavy atom. The van der Waals surface area contributed by atoms with Gasteiger partial charge in [-0.3, -0.25) is 9.88 Å². The molecule has 0 amide bonds. The molecule has 0 radical (unpaired) electrons. The Hall–Kier alpha value is -1.24. The quantitative estimate of drug-likeness (QED) is 0.813. The van der Waals surface area contributed by atoms with Crippen molar-refractivity contribution in [3.05, 3.63) is 17.6 Å². The first kappa shape index (κ1) is 18.5. The van der Waals surface area contributed by atoms with Gasteiger partial charge in [0, 0.05) is 38.9 Å². The van der Waals surface area contributed by atoms with E-state index < -0.39 is 0 Å². The number of nitrogens with zero attached hydrogens (tertiary/aromatic N) is 4. The summed E-state index contributed by atoms with van der Waals surface area (Å²) in [5, 5.41) is 0. The highest BCUT2D eigenvalue weighted by molar-refractivity contribution is 5.43. The van der Waals surface area contributed by atoms with E-state index >= 15 is 0 Å². The van der Waals surface area contributed by atoms with Gasteiger partial charge in [-0.05, 0) is 40.5 Å². The van der Waals surface area contributed by atoms with Gasteiger partial charge in [0.05, 0.1) is 36.3 Å². The van der Waals surface area contributed by atoms with Gasteiger partial charge in [0.25, 0.3) is 0 Å². The number of morpholine rings is 1. The first-order valence-corrected chi connectivity index (χ1v) is 9.56. The van der Waals surface area contributed by atoms with Gasteiger partial charge < -0.3 is 14.4 Å². The third-order valence-electron chi connectivity index (χ3n) is 5.05. The van der Waals surface area contributed by atoms with Gasteiger partial charge in [-0.15, -0.1) is 0 Å². The summed E-state index contributed by atoms with van der Waals surface area (Å²) in [5.74, 6) is 1.04. The maximum absolute atomic E-state index is 6.15. The molecule has 0 spiro atoms. The zero-order chi connectivity index (χ0) is 17.8. The highest BCUT2D eigenvalue weighted by Crippen LogP contribution is 2.22. The molecule has 3 rings (SSSR count). The third-order valence-corrected chi connectivity index (χ3v) is 5.05. The molecule has 2 fully saturated rings. The molecule has 0 aromatic carbocycles. The number of anilines is 1. The minimum atomic E-state index is 0.325. The predicted molar refractivity (Wildman–Crippen MR) is 99.1 cm³/mol. The second-order valence-electron chi connectivity index (χ2n) is 7.49. The van der Waals surface area contributed by atoms with Crippen molar-refractivity contribution >= 4 is 5.82 Å². The maximum atomic E-state index is 6.15. The summed E-state index contributed by atoms with van der Waals surface area (Å²) in [6.45, 7) is 14.2. The minimum absolute atomic E-state index is 0.325. The van der Waals surface area contributed by atoms with Crippen molar-refractivity contribution in [3.8, 4) is 0 Å². The highest BCUT2D eigenvalue weighted by Gasteiger charge is 2.24. The van der Waals surface area contributed by atoms with E-state index in [0.29, 0.717) is 18.3 Å². The molecule has 2 aliphatic rings. The highest BCUT2D eigenvalue weighted by atomic mass is 16.5. The largest absolute Gasteiger partial charge is 0.377 e. The van der Waals surface area contributed by atoms with Crippen LogP contribution < -0.4 is 4.90 Å². The molecule has 1 aromatic rings. The predicted octanol–water partition coefficient (Wildman–Crippen LogP) is 2.19. The molecule has 3 heterocycles. The standard InChI is InChI=1S/C19H32N4O2/c1-14-11-20-17(4)19(21-14)23-7-5-18(6-8-23)24-10-9-22-12-15(2)25-16(3)13-22/h11,15-16,18H,5-10,12-13H2,1-4H3/t15-,16-/m1/s1. The molecule has 2 aliphatic heterocycles. The zero-order valence-corrected chi connectivity index (χ0v) is 16.1. The van der Waals surface area contributed by atoms with E-state index in [2.05, 4.69) is 33.6 Å². The summed E-state index contributed by atoms with van der Waals surface area (Å²) in [7, 11) is 0. The van der Waals surface area contributed by atoms with Gasteiger partial charge in [-0.1, -0.05) is 0 Å². The minimum Gasteiger partial charge on any atom is -0.377 e. The molecule has 1 aromatic heterocycles. The second kappa shape index (κ2) is 8.43. The molecule has 0 bridgehead atoms.